The maximum Gasteiger partial charge on any atom is 0.338 e. The van der Waals surface area contributed by atoms with E-state index in [-0.39, 0.29) is 23.6 Å². The number of ether oxygens (including phenoxy) is 2. The monoisotopic (exact) mass is 385 g/mol. The topological polar surface area (TPSA) is 90.7 Å². The second kappa shape index (κ2) is 8.10. The number of nitrogens with zero attached hydrogens (tertiary/aromatic N) is 3. The highest BCUT2D eigenvalue weighted by Crippen LogP contribution is 2.17. The van der Waals surface area contributed by atoms with Gasteiger partial charge in [-0.25, -0.2) is 9.78 Å². The van der Waals surface area contributed by atoms with Gasteiger partial charge in [0, 0.05) is 26.1 Å². The van der Waals surface area contributed by atoms with Crippen LogP contribution in [0.1, 0.15) is 35.4 Å². The summed E-state index contributed by atoms with van der Waals surface area (Å²) >= 11 is 0. The summed E-state index contributed by atoms with van der Waals surface area (Å²) in [5.41, 5.74) is 0.712. The van der Waals surface area contributed by atoms with E-state index in [1.807, 2.05) is 0 Å². The van der Waals surface area contributed by atoms with Crippen LogP contribution in [-0.2, 0) is 27.2 Å². The number of fused-ring (bicyclic) bond motifs is 2. The first kappa shape index (κ1) is 18.6. The lowest BCUT2D eigenvalue weighted by Crippen LogP contribution is -2.42. The van der Waals surface area contributed by atoms with Crippen molar-refractivity contribution in [2.24, 2.45) is 0 Å². The number of benzene rings is 1. The molecule has 148 valence electrons. The summed E-state index contributed by atoms with van der Waals surface area (Å²) in [6.45, 7) is 2.38. The SMILES string of the molecule is O=C(OCC(=O)N1CCOCC1)c1ccc2c(=O)n3c(nc2c1)CCCCC3. The highest BCUT2D eigenvalue weighted by Gasteiger charge is 2.20. The fourth-order valence-corrected chi connectivity index (χ4v) is 3.66. The molecule has 0 radical (unpaired) electrons. The molecule has 1 aromatic heterocycles. The lowest BCUT2D eigenvalue weighted by atomic mass is 10.1. The normalized spacial score (nSPS) is 17.1. The predicted octanol–water partition coefficient (Wildman–Crippen LogP) is 1.14. The molecule has 3 heterocycles. The number of carbonyl (C=O) groups excluding carboxylic acids is 2. The van der Waals surface area contributed by atoms with Crippen LogP contribution in [0.2, 0.25) is 0 Å². The van der Waals surface area contributed by atoms with Crippen LogP contribution in [0.3, 0.4) is 0 Å². The van der Waals surface area contributed by atoms with Gasteiger partial charge >= 0.3 is 5.97 Å². The molecule has 0 aliphatic carbocycles. The molecule has 1 fully saturated rings. The van der Waals surface area contributed by atoms with Gasteiger partial charge in [-0.2, -0.15) is 0 Å². The molecule has 0 saturated carbocycles. The first-order chi connectivity index (χ1) is 13.6. The van der Waals surface area contributed by atoms with Gasteiger partial charge in [-0.05, 0) is 31.0 Å². The van der Waals surface area contributed by atoms with Crippen molar-refractivity contribution in [3.63, 3.8) is 0 Å². The summed E-state index contributed by atoms with van der Waals surface area (Å²) in [5.74, 6) is -0.0671. The molecule has 8 heteroatoms. The standard InChI is InChI=1S/C20H23N3O5/c24-18(22-8-10-27-11-9-22)13-28-20(26)14-5-6-15-16(12-14)21-17-4-2-1-3-7-23(17)19(15)25/h5-6,12H,1-4,7-11,13H2. The van der Waals surface area contributed by atoms with Gasteiger partial charge in [-0.3, -0.25) is 14.2 Å². The molecule has 4 rings (SSSR count). The van der Waals surface area contributed by atoms with Crippen molar-refractivity contribution in [3.8, 4) is 0 Å². The Morgan fingerprint density at radius 1 is 1.11 bits per heavy atom. The number of hydrogen-bond donors (Lipinski definition) is 0. The largest absolute Gasteiger partial charge is 0.452 e. The van der Waals surface area contributed by atoms with Gasteiger partial charge in [0.25, 0.3) is 11.5 Å². The van der Waals surface area contributed by atoms with E-state index < -0.39 is 5.97 Å². The molecule has 0 bridgehead atoms. The summed E-state index contributed by atoms with van der Waals surface area (Å²) in [7, 11) is 0. The minimum Gasteiger partial charge on any atom is -0.452 e. The first-order valence-electron chi connectivity index (χ1n) is 9.69. The zero-order valence-electron chi connectivity index (χ0n) is 15.7. The zero-order valence-corrected chi connectivity index (χ0v) is 15.7. The van der Waals surface area contributed by atoms with Crippen molar-refractivity contribution in [3.05, 3.63) is 39.9 Å². The molecule has 8 nitrogen and oxygen atoms in total. The minimum atomic E-state index is -0.597. The van der Waals surface area contributed by atoms with E-state index >= 15 is 0 Å². The Hall–Kier alpha value is -2.74. The Morgan fingerprint density at radius 3 is 2.75 bits per heavy atom. The van der Waals surface area contributed by atoms with Gasteiger partial charge in [-0.1, -0.05) is 6.42 Å². The van der Waals surface area contributed by atoms with Crippen LogP contribution in [0.5, 0.6) is 0 Å². The van der Waals surface area contributed by atoms with Crippen molar-refractivity contribution < 1.29 is 19.1 Å². The third-order valence-electron chi connectivity index (χ3n) is 5.24. The van der Waals surface area contributed by atoms with Crippen LogP contribution in [-0.4, -0.2) is 59.2 Å². The van der Waals surface area contributed by atoms with Gasteiger partial charge in [0.05, 0.1) is 29.7 Å². The molecule has 0 unspecified atom stereocenters. The number of esters is 1. The molecule has 0 N–H and O–H groups in total. The molecule has 2 aliphatic rings. The van der Waals surface area contributed by atoms with E-state index in [9.17, 15) is 14.4 Å². The number of aromatic nitrogens is 2. The Bertz CT molecular complexity index is 962. The van der Waals surface area contributed by atoms with E-state index in [1.165, 1.54) is 0 Å². The summed E-state index contributed by atoms with van der Waals surface area (Å²) in [6.07, 6.45) is 3.81. The summed E-state index contributed by atoms with van der Waals surface area (Å²) < 4.78 is 12.1. The Kier molecular flexibility index (Phi) is 5.38. The van der Waals surface area contributed by atoms with E-state index in [0.29, 0.717) is 43.8 Å². The quantitative estimate of drug-likeness (QED) is 0.736. The molecule has 1 amide bonds. The van der Waals surface area contributed by atoms with Crippen molar-refractivity contribution >= 4 is 22.8 Å². The van der Waals surface area contributed by atoms with Gasteiger partial charge in [0.2, 0.25) is 0 Å². The molecule has 0 atom stereocenters. The molecule has 1 aromatic carbocycles. The van der Waals surface area contributed by atoms with Crippen LogP contribution < -0.4 is 5.56 Å². The minimum absolute atomic E-state index is 0.0655. The van der Waals surface area contributed by atoms with E-state index in [4.69, 9.17) is 9.47 Å². The van der Waals surface area contributed by atoms with Gasteiger partial charge in [-0.15, -0.1) is 0 Å². The van der Waals surface area contributed by atoms with Gasteiger partial charge in [0.15, 0.2) is 6.61 Å². The number of morpholine rings is 1. The fraction of sp³-hybridized carbons (Fsp3) is 0.500. The Labute approximate surface area is 162 Å². The van der Waals surface area contributed by atoms with Crippen molar-refractivity contribution in [2.75, 3.05) is 32.9 Å². The average molecular weight is 385 g/mol. The van der Waals surface area contributed by atoms with Crippen LogP contribution in [0.4, 0.5) is 0 Å². The second-order valence-corrected chi connectivity index (χ2v) is 7.10. The summed E-state index contributed by atoms with van der Waals surface area (Å²) in [5, 5.41) is 0.492. The first-order valence-corrected chi connectivity index (χ1v) is 9.69. The van der Waals surface area contributed by atoms with Crippen molar-refractivity contribution in [2.45, 2.75) is 32.2 Å². The third kappa shape index (κ3) is 3.77. The fourth-order valence-electron chi connectivity index (χ4n) is 3.66. The molecular weight excluding hydrogens is 362 g/mol. The number of amides is 1. The number of carbonyl (C=O) groups is 2. The van der Waals surface area contributed by atoms with Crippen LogP contribution in [0.25, 0.3) is 10.9 Å². The highest BCUT2D eigenvalue weighted by atomic mass is 16.5. The van der Waals surface area contributed by atoms with Crippen molar-refractivity contribution in [1.82, 2.24) is 14.5 Å². The zero-order chi connectivity index (χ0) is 19.5. The summed E-state index contributed by atoms with van der Waals surface area (Å²) in [4.78, 5) is 43.5. The lowest BCUT2D eigenvalue weighted by Gasteiger charge is -2.26. The maximum absolute atomic E-state index is 12.7. The second-order valence-electron chi connectivity index (χ2n) is 7.10. The molecular formula is C20H23N3O5. The Balaban J connectivity index is 1.51. The number of rotatable bonds is 3. The highest BCUT2D eigenvalue weighted by molar-refractivity contribution is 5.95. The molecule has 1 saturated heterocycles. The van der Waals surface area contributed by atoms with E-state index in [2.05, 4.69) is 4.98 Å². The van der Waals surface area contributed by atoms with Gasteiger partial charge < -0.3 is 14.4 Å². The molecule has 2 aliphatic heterocycles. The van der Waals surface area contributed by atoms with Gasteiger partial charge in [0.1, 0.15) is 5.82 Å². The predicted molar refractivity (Wildman–Crippen MR) is 101 cm³/mol. The van der Waals surface area contributed by atoms with Crippen LogP contribution >= 0.6 is 0 Å². The maximum atomic E-state index is 12.7. The smallest absolute Gasteiger partial charge is 0.338 e. The van der Waals surface area contributed by atoms with Crippen LogP contribution in [0, 0.1) is 0 Å². The number of aryl methyl sites for hydroxylation is 1. The van der Waals surface area contributed by atoms with E-state index in [1.54, 1.807) is 27.7 Å². The molecule has 2 aromatic rings. The average Bonchev–Trinajstić information content (AvgIpc) is 2.98. The molecule has 0 spiro atoms. The summed E-state index contributed by atoms with van der Waals surface area (Å²) in [6, 6.07) is 4.74. The van der Waals surface area contributed by atoms with E-state index in [0.717, 1.165) is 31.5 Å². The lowest BCUT2D eigenvalue weighted by molar-refractivity contribution is -0.138. The Morgan fingerprint density at radius 2 is 1.93 bits per heavy atom. The molecule has 28 heavy (non-hydrogen) atoms. The van der Waals surface area contributed by atoms with Crippen LogP contribution in [0.15, 0.2) is 23.0 Å². The third-order valence-corrected chi connectivity index (χ3v) is 5.24. The van der Waals surface area contributed by atoms with Crippen molar-refractivity contribution in [1.29, 1.82) is 0 Å². The number of hydrogen-bond acceptors (Lipinski definition) is 6.